The third kappa shape index (κ3) is 2.92. The highest BCUT2D eigenvalue weighted by Gasteiger charge is 2.39. The lowest BCUT2D eigenvalue weighted by Crippen LogP contribution is -2.30. The minimum absolute atomic E-state index is 0.125. The van der Waals surface area contributed by atoms with Gasteiger partial charge in [-0.25, -0.2) is 8.42 Å². The molecule has 1 heterocycles. The number of carbonyl (C=O) groups is 1. The summed E-state index contributed by atoms with van der Waals surface area (Å²) in [5.41, 5.74) is 0.937. The molecular weight excluding hydrogens is 354 g/mol. The third-order valence-electron chi connectivity index (χ3n) is 4.59. The number of hydrogen-bond acceptors (Lipinski definition) is 5. The van der Waals surface area contributed by atoms with E-state index in [0.717, 1.165) is 0 Å². The number of fused-ring (bicyclic) bond motifs is 1. The second-order valence-corrected chi connectivity index (χ2v) is 8.06. The first-order valence-corrected chi connectivity index (χ1v) is 9.83. The Bertz CT molecular complexity index is 939. The SMILES string of the molecule is CCN1C(=O)C[C@H](c2ccc(OC)c(OC)c2)S(=O)(=O)c2ccccc21. The average molecular weight is 375 g/mol. The van der Waals surface area contributed by atoms with Crippen LogP contribution < -0.4 is 14.4 Å². The van der Waals surface area contributed by atoms with Crippen LogP contribution in [0.2, 0.25) is 0 Å². The van der Waals surface area contributed by atoms with E-state index in [1.54, 1.807) is 42.5 Å². The van der Waals surface area contributed by atoms with Crippen LogP contribution in [0.5, 0.6) is 11.5 Å². The largest absolute Gasteiger partial charge is 0.493 e. The summed E-state index contributed by atoms with van der Waals surface area (Å²) < 4.78 is 37.2. The Morgan fingerprint density at radius 2 is 1.77 bits per heavy atom. The normalized spacial score (nSPS) is 18.8. The van der Waals surface area contributed by atoms with Crippen LogP contribution in [0.4, 0.5) is 5.69 Å². The fourth-order valence-electron chi connectivity index (χ4n) is 3.28. The topological polar surface area (TPSA) is 72.9 Å². The van der Waals surface area contributed by atoms with Crippen LogP contribution in [0.25, 0.3) is 0 Å². The molecule has 138 valence electrons. The highest BCUT2D eigenvalue weighted by atomic mass is 32.2. The van der Waals surface area contributed by atoms with E-state index in [4.69, 9.17) is 9.47 Å². The standard InChI is InChI=1S/C19H21NO5S/c1-4-20-14-7-5-6-8-17(14)26(22,23)18(12-19(20)21)13-9-10-15(24-2)16(11-13)25-3/h5-11,18H,4,12H2,1-3H3/t18-/m1/s1. The molecule has 0 saturated carbocycles. The van der Waals surface area contributed by atoms with Crippen LogP contribution in [0.1, 0.15) is 24.2 Å². The zero-order chi connectivity index (χ0) is 18.9. The van der Waals surface area contributed by atoms with Gasteiger partial charge >= 0.3 is 0 Å². The van der Waals surface area contributed by atoms with Crippen molar-refractivity contribution in [2.45, 2.75) is 23.5 Å². The maximum Gasteiger partial charge on any atom is 0.228 e. The van der Waals surface area contributed by atoms with Crippen molar-refractivity contribution in [2.75, 3.05) is 25.7 Å². The molecule has 1 aliphatic heterocycles. The molecule has 1 amide bonds. The lowest BCUT2D eigenvalue weighted by Gasteiger charge is -2.20. The highest BCUT2D eigenvalue weighted by Crippen LogP contribution is 2.42. The lowest BCUT2D eigenvalue weighted by molar-refractivity contribution is -0.118. The predicted octanol–water partition coefficient (Wildman–Crippen LogP) is 2.98. The second kappa shape index (κ2) is 6.99. The van der Waals surface area contributed by atoms with Crippen LogP contribution in [-0.2, 0) is 14.6 Å². The smallest absolute Gasteiger partial charge is 0.228 e. The van der Waals surface area contributed by atoms with Gasteiger partial charge in [0.1, 0.15) is 0 Å². The number of hydrogen-bond donors (Lipinski definition) is 0. The van der Waals surface area contributed by atoms with Gasteiger partial charge in [0.2, 0.25) is 5.91 Å². The summed E-state index contributed by atoms with van der Waals surface area (Å²) in [5.74, 6) is 0.711. The quantitative estimate of drug-likeness (QED) is 0.821. The van der Waals surface area contributed by atoms with Crippen molar-refractivity contribution >= 4 is 21.4 Å². The minimum Gasteiger partial charge on any atom is -0.493 e. The number of para-hydroxylation sites is 1. The molecule has 0 N–H and O–H groups in total. The summed E-state index contributed by atoms with van der Waals surface area (Å²) >= 11 is 0. The number of methoxy groups -OCH3 is 2. The molecule has 2 aromatic carbocycles. The molecule has 0 unspecified atom stereocenters. The van der Waals surface area contributed by atoms with Crippen LogP contribution in [0.15, 0.2) is 47.4 Å². The second-order valence-electron chi connectivity index (χ2n) is 5.96. The fraction of sp³-hybridized carbons (Fsp3) is 0.316. The Labute approximate surface area is 153 Å². The van der Waals surface area contributed by atoms with Crippen molar-refractivity contribution in [1.82, 2.24) is 0 Å². The van der Waals surface area contributed by atoms with Crippen molar-refractivity contribution < 1.29 is 22.7 Å². The zero-order valence-corrected chi connectivity index (χ0v) is 15.7. The number of amides is 1. The van der Waals surface area contributed by atoms with Gasteiger partial charge in [0, 0.05) is 13.0 Å². The Morgan fingerprint density at radius 3 is 2.42 bits per heavy atom. The molecule has 2 aromatic rings. The van der Waals surface area contributed by atoms with Crippen LogP contribution in [0, 0.1) is 0 Å². The Hall–Kier alpha value is -2.54. The van der Waals surface area contributed by atoms with Crippen LogP contribution in [-0.4, -0.2) is 35.1 Å². The van der Waals surface area contributed by atoms with E-state index in [1.165, 1.54) is 19.1 Å². The molecule has 3 rings (SSSR count). The minimum atomic E-state index is -3.75. The van der Waals surface area contributed by atoms with Gasteiger partial charge in [-0.3, -0.25) is 4.79 Å². The van der Waals surface area contributed by atoms with Gasteiger partial charge < -0.3 is 14.4 Å². The molecule has 0 aromatic heterocycles. The van der Waals surface area contributed by atoms with E-state index in [1.807, 2.05) is 6.92 Å². The summed E-state index contributed by atoms with van der Waals surface area (Å²) in [6.45, 7) is 2.24. The summed E-state index contributed by atoms with van der Waals surface area (Å²) in [4.78, 5) is 14.5. The zero-order valence-electron chi connectivity index (χ0n) is 14.9. The van der Waals surface area contributed by atoms with Gasteiger partial charge in [0.05, 0.1) is 30.1 Å². The maximum atomic E-state index is 13.3. The monoisotopic (exact) mass is 375 g/mol. The van der Waals surface area contributed by atoms with E-state index in [-0.39, 0.29) is 17.2 Å². The molecule has 6 nitrogen and oxygen atoms in total. The summed E-state index contributed by atoms with van der Waals surface area (Å²) in [7, 11) is -0.750. The Morgan fingerprint density at radius 1 is 1.08 bits per heavy atom. The summed E-state index contributed by atoms with van der Waals surface area (Å²) in [6.07, 6.45) is -0.125. The number of ether oxygens (including phenoxy) is 2. The first-order valence-electron chi connectivity index (χ1n) is 8.29. The fourth-order valence-corrected chi connectivity index (χ4v) is 5.20. The number of anilines is 1. The van der Waals surface area contributed by atoms with Gasteiger partial charge in [-0.1, -0.05) is 18.2 Å². The molecule has 26 heavy (non-hydrogen) atoms. The maximum absolute atomic E-state index is 13.3. The number of benzene rings is 2. The van der Waals surface area contributed by atoms with Gasteiger partial charge in [0.15, 0.2) is 21.3 Å². The molecule has 0 bridgehead atoms. The van der Waals surface area contributed by atoms with E-state index in [0.29, 0.717) is 29.3 Å². The van der Waals surface area contributed by atoms with E-state index < -0.39 is 15.1 Å². The molecule has 0 spiro atoms. The molecule has 0 fully saturated rings. The summed E-state index contributed by atoms with van der Waals surface area (Å²) in [6, 6.07) is 11.6. The number of rotatable bonds is 4. The van der Waals surface area contributed by atoms with Crippen molar-refractivity contribution in [3.63, 3.8) is 0 Å². The van der Waals surface area contributed by atoms with Crippen molar-refractivity contribution in [3.8, 4) is 11.5 Å². The predicted molar refractivity (Wildman–Crippen MR) is 98.6 cm³/mol. The van der Waals surface area contributed by atoms with Crippen LogP contribution in [0.3, 0.4) is 0 Å². The van der Waals surface area contributed by atoms with Gasteiger partial charge in [-0.05, 0) is 36.8 Å². The number of nitrogens with zero attached hydrogens (tertiary/aromatic N) is 1. The number of sulfone groups is 1. The van der Waals surface area contributed by atoms with Gasteiger partial charge in [0.25, 0.3) is 0 Å². The highest BCUT2D eigenvalue weighted by molar-refractivity contribution is 7.92. The van der Waals surface area contributed by atoms with Crippen molar-refractivity contribution in [3.05, 3.63) is 48.0 Å². The van der Waals surface area contributed by atoms with E-state index in [2.05, 4.69) is 0 Å². The average Bonchev–Trinajstić information content (AvgIpc) is 2.74. The molecule has 1 aliphatic rings. The molecule has 7 heteroatoms. The Balaban J connectivity index is 2.19. The van der Waals surface area contributed by atoms with Crippen molar-refractivity contribution in [1.29, 1.82) is 0 Å². The molecule has 0 saturated heterocycles. The first kappa shape index (κ1) is 18.3. The van der Waals surface area contributed by atoms with E-state index in [9.17, 15) is 13.2 Å². The molecule has 0 aliphatic carbocycles. The van der Waals surface area contributed by atoms with Gasteiger partial charge in [-0.2, -0.15) is 0 Å². The van der Waals surface area contributed by atoms with Crippen LogP contribution >= 0.6 is 0 Å². The van der Waals surface area contributed by atoms with E-state index >= 15 is 0 Å². The molecule has 0 radical (unpaired) electrons. The lowest BCUT2D eigenvalue weighted by atomic mass is 10.1. The Kier molecular flexibility index (Phi) is 4.91. The summed E-state index contributed by atoms with van der Waals surface area (Å²) in [5, 5.41) is -0.979. The first-order chi connectivity index (χ1) is 12.4. The molecule has 1 atom stereocenters. The van der Waals surface area contributed by atoms with Crippen molar-refractivity contribution in [2.24, 2.45) is 0 Å². The number of carbonyl (C=O) groups excluding carboxylic acids is 1. The third-order valence-corrected chi connectivity index (χ3v) is 6.74. The molecular formula is C19H21NO5S. The van der Waals surface area contributed by atoms with Gasteiger partial charge in [-0.15, -0.1) is 0 Å².